The van der Waals surface area contributed by atoms with Crippen molar-refractivity contribution < 1.29 is 19.1 Å². The van der Waals surface area contributed by atoms with Crippen LogP contribution in [0.4, 0.5) is 4.79 Å². The number of ketones is 1. The van der Waals surface area contributed by atoms with Crippen molar-refractivity contribution in [2.45, 2.75) is 52.1 Å². The van der Waals surface area contributed by atoms with Gasteiger partial charge in [-0.3, -0.25) is 4.79 Å². The van der Waals surface area contributed by atoms with Gasteiger partial charge in [0.2, 0.25) is 5.78 Å². The summed E-state index contributed by atoms with van der Waals surface area (Å²) in [7, 11) is 0. The van der Waals surface area contributed by atoms with E-state index in [1.807, 2.05) is 25.7 Å². The molecule has 1 aliphatic heterocycles. The Bertz CT molecular complexity index is 548. The summed E-state index contributed by atoms with van der Waals surface area (Å²) in [5.41, 5.74) is 0.129. The first-order valence-electron chi connectivity index (χ1n) is 9.07. The van der Waals surface area contributed by atoms with Crippen molar-refractivity contribution >= 4 is 11.9 Å². The highest BCUT2D eigenvalue weighted by atomic mass is 16.6. The van der Waals surface area contributed by atoms with E-state index in [0.29, 0.717) is 18.2 Å². The second-order valence-electron chi connectivity index (χ2n) is 7.64. The fourth-order valence-electron chi connectivity index (χ4n) is 3.01. The number of nitrogens with zero attached hydrogens (tertiary/aromatic N) is 1. The van der Waals surface area contributed by atoms with Gasteiger partial charge in [-0.05, 0) is 64.5 Å². The minimum atomic E-state index is -0.455. The molecule has 1 fully saturated rings. The molecule has 0 unspecified atom stereocenters. The van der Waals surface area contributed by atoms with Gasteiger partial charge in [0, 0.05) is 25.9 Å². The number of rotatable bonds is 7. The number of carbonyl (C=O) groups is 2. The lowest BCUT2D eigenvalue weighted by Gasteiger charge is -2.34. The van der Waals surface area contributed by atoms with Crippen LogP contribution in [0, 0.1) is 5.92 Å². The van der Waals surface area contributed by atoms with E-state index in [1.54, 1.807) is 18.3 Å². The number of likely N-dealkylation sites (tertiary alicyclic amines) is 1. The third-order valence-electron chi connectivity index (χ3n) is 4.20. The summed E-state index contributed by atoms with van der Waals surface area (Å²) in [6, 6.07) is 3.55. The van der Waals surface area contributed by atoms with E-state index in [1.165, 1.54) is 0 Å². The molecule has 0 bridgehead atoms. The molecular formula is C19H30N2O4. The number of Topliss-reactive ketones (excluding diaryl/α,β-unsaturated/α-hetero) is 1. The predicted molar refractivity (Wildman–Crippen MR) is 95.7 cm³/mol. The summed E-state index contributed by atoms with van der Waals surface area (Å²) in [5.74, 6) is 0.447. The lowest BCUT2D eigenvalue weighted by molar-refractivity contribution is 0.0155. The summed E-state index contributed by atoms with van der Waals surface area (Å²) in [6.07, 6.45) is 5.54. The summed E-state index contributed by atoms with van der Waals surface area (Å²) < 4.78 is 10.9. The molecule has 0 aromatic carbocycles. The molecule has 1 atom stereocenters. The number of hydrogen-bond acceptors (Lipinski definition) is 4. The summed E-state index contributed by atoms with van der Waals surface area (Å²) in [5, 5.41) is 0. The first-order chi connectivity index (χ1) is 11.8. The number of hydrogen-bond donors (Lipinski definition) is 1. The first kappa shape index (κ1) is 19.5. The highest BCUT2D eigenvalue weighted by Crippen LogP contribution is 2.22. The average Bonchev–Trinajstić information content (AvgIpc) is 3.07. The molecule has 2 rings (SSSR count). The number of aromatic amines is 1. The van der Waals surface area contributed by atoms with Gasteiger partial charge in [-0.1, -0.05) is 0 Å². The fraction of sp³-hybridized carbons (Fsp3) is 0.684. The number of H-pyrrole nitrogens is 1. The second kappa shape index (κ2) is 9.04. The molecule has 6 nitrogen and oxygen atoms in total. The molecular weight excluding hydrogens is 320 g/mol. The molecule has 0 radical (unpaired) electrons. The first-order valence-corrected chi connectivity index (χ1v) is 9.07. The van der Waals surface area contributed by atoms with Crippen LogP contribution in [-0.2, 0) is 9.47 Å². The third kappa shape index (κ3) is 6.90. The zero-order valence-electron chi connectivity index (χ0n) is 15.5. The van der Waals surface area contributed by atoms with Gasteiger partial charge in [0.25, 0.3) is 0 Å². The Morgan fingerprint density at radius 2 is 2.16 bits per heavy atom. The van der Waals surface area contributed by atoms with Gasteiger partial charge < -0.3 is 19.4 Å². The van der Waals surface area contributed by atoms with Crippen LogP contribution in [0.5, 0.6) is 0 Å². The highest BCUT2D eigenvalue weighted by molar-refractivity contribution is 5.95. The molecule has 1 amide bonds. The van der Waals surface area contributed by atoms with E-state index in [9.17, 15) is 9.59 Å². The number of aromatic nitrogens is 1. The van der Waals surface area contributed by atoms with E-state index < -0.39 is 5.60 Å². The molecule has 1 N–H and O–H groups in total. The maximum atomic E-state index is 12.2. The number of nitrogens with one attached hydrogen (secondary N) is 1. The van der Waals surface area contributed by atoms with Crippen molar-refractivity contribution in [3.05, 3.63) is 24.0 Å². The topological polar surface area (TPSA) is 71.6 Å². The van der Waals surface area contributed by atoms with Gasteiger partial charge in [0.1, 0.15) is 12.2 Å². The van der Waals surface area contributed by atoms with Crippen LogP contribution in [0.1, 0.15) is 56.9 Å². The second-order valence-corrected chi connectivity index (χ2v) is 7.64. The van der Waals surface area contributed by atoms with Gasteiger partial charge in [0.05, 0.1) is 5.69 Å². The van der Waals surface area contributed by atoms with Crippen molar-refractivity contribution in [3.8, 4) is 0 Å². The molecule has 140 valence electrons. The maximum Gasteiger partial charge on any atom is 0.410 e. The zero-order chi connectivity index (χ0) is 18.3. The van der Waals surface area contributed by atoms with Crippen LogP contribution in [0.25, 0.3) is 0 Å². The van der Waals surface area contributed by atoms with Gasteiger partial charge in [-0.25, -0.2) is 4.79 Å². The van der Waals surface area contributed by atoms with Crippen molar-refractivity contribution in [1.82, 2.24) is 9.88 Å². The predicted octanol–water partition coefficient (Wildman–Crippen LogP) is 3.64. The van der Waals surface area contributed by atoms with Crippen LogP contribution in [0.15, 0.2) is 18.3 Å². The molecule has 1 aliphatic rings. The molecule has 0 aliphatic carbocycles. The lowest BCUT2D eigenvalue weighted by Crippen LogP contribution is -2.42. The van der Waals surface area contributed by atoms with Crippen LogP contribution in [0.3, 0.4) is 0 Å². The Morgan fingerprint density at radius 1 is 1.36 bits per heavy atom. The Morgan fingerprint density at radius 3 is 2.84 bits per heavy atom. The van der Waals surface area contributed by atoms with Gasteiger partial charge >= 0.3 is 6.09 Å². The average molecular weight is 350 g/mol. The Balaban J connectivity index is 1.62. The van der Waals surface area contributed by atoms with Crippen LogP contribution >= 0.6 is 0 Å². The fourth-order valence-corrected chi connectivity index (χ4v) is 3.01. The normalized spacial score (nSPS) is 18.2. The molecule has 1 saturated heterocycles. The van der Waals surface area contributed by atoms with E-state index in [0.717, 1.165) is 38.8 Å². The minimum Gasteiger partial charge on any atom is -0.444 e. The molecule has 0 saturated carbocycles. The molecule has 1 aromatic heterocycles. The number of ether oxygens (including phenoxy) is 2. The van der Waals surface area contributed by atoms with E-state index in [-0.39, 0.29) is 18.5 Å². The summed E-state index contributed by atoms with van der Waals surface area (Å²) >= 11 is 0. The molecule has 25 heavy (non-hydrogen) atoms. The Hall–Kier alpha value is -1.82. The monoisotopic (exact) mass is 350 g/mol. The lowest BCUT2D eigenvalue weighted by atomic mass is 9.94. The van der Waals surface area contributed by atoms with Crippen molar-refractivity contribution in [1.29, 1.82) is 0 Å². The minimum absolute atomic E-state index is 0.0289. The SMILES string of the molecule is CC(C)(C)OC(=O)N1CCC[C@H](CCCOCC(=O)c2ccc[nH]2)C1. The van der Waals surface area contributed by atoms with Crippen LogP contribution in [-0.4, -0.2) is 53.7 Å². The van der Waals surface area contributed by atoms with E-state index in [2.05, 4.69) is 4.98 Å². The number of carbonyl (C=O) groups excluding carboxylic acids is 2. The Labute approximate surface area is 149 Å². The molecule has 1 aromatic rings. The quantitative estimate of drug-likeness (QED) is 0.602. The van der Waals surface area contributed by atoms with E-state index >= 15 is 0 Å². The van der Waals surface area contributed by atoms with E-state index in [4.69, 9.17) is 9.47 Å². The van der Waals surface area contributed by atoms with Crippen LogP contribution < -0.4 is 0 Å². The molecule has 0 spiro atoms. The largest absolute Gasteiger partial charge is 0.444 e. The van der Waals surface area contributed by atoms with Crippen LogP contribution in [0.2, 0.25) is 0 Å². The van der Waals surface area contributed by atoms with Crippen molar-refractivity contribution in [2.75, 3.05) is 26.3 Å². The summed E-state index contributed by atoms with van der Waals surface area (Å²) in [4.78, 5) is 28.6. The smallest absolute Gasteiger partial charge is 0.410 e. The maximum absolute atomic E-state index is 12.2. The third-order valence-corrected chi connectivity index (χ3v) is 4.20. The zero-order valence-corrected chi connectivity index (χ0v) is 15.5. The van der Waals surface area contributed by atoms with Gasteiger partial charge in [-0.15, -0.1) is 0 Å². The highest BCUT2D eigenvalue weighted by Gasteiger charge is 2.27. The van der Waals surface area contributed by atoms with Crippen molar-refractivity contribution in [2.24, 2.45) is 5.92 Å². The Kier molecular flexibility index (Phi) is 7.05. The molecule has 2 heterocycles. The van der Waals surface area contributed by atoms with Gasteiger partial charge in [-0.2, -0.15) is 0 Å². The number of piperidine rings is 1. The molecule has 6 heteroatoms. The number of amides is 1. The van der Waals surface area contributed by atoms with Crippen molar-refractivity contribution in [3.63, 3.8) is 0 Å². The standard InChI is InChI=1S/C19H30N2O4/c1-19(2,3)25-18(23)21-11-5-7-15(13-21)8-6-12-24-14-17(22)16-9-4-10-20-16/h4,9-10,15,20H,5-8,11-14H2,1-3H3/t15-/m1/s1. The van der Waals surface area contributed by atoms with Gasteiger partial charge in [0.15, 0.2) is 0 Å². The summed E-state index contributed by atoms with van der Waals surface area (Å²) in [6.45, 7) is 7.85.